The van der Waals surface area contributed by atoms with Gasteiger partial charge in [0.05, 0.1) is 30.4 Å². The first-order valence-corrected chi connectivity index (χ1v) is 9.69. The Bertz CT molecular complexity index is 934. The second kappa shape index (κ2) is 8.29. The Balaban J connectivity index is 1.42. The third-order valence-electron chi connectivity index (χ3n) is 4.98. The molecule has 4 rings (SSSR count). The molecule has 0 unspecified atom stereocenters. The number of carbonyl (C=O) groups excluding carboxylic acids is 1. The number of fused-ring (bicyclic) bond motifs is 1. The number of ether oxygens (including phenoxy) is 1. The lowest BCUT2D eigenvalue weighted by atomic mass is 9.96. The molecule has 0 aliphatic carbocycles. The molecule has 7 heteroatoms. The van der Waals surface area contributed by atoms with Crippen LogP contribution in [0.15, 0.2) is 47.1 Å². The Kier molecular flexibility index (Phi) is 5.41. The van der Waals surface area contributed by atoms with Crippen molar-refractivity contribution >= 4 is 22.8 Å². The minimum atomic E-state index is -0.00447. The van der Waals surface area contributed by atoms with E-state index in [4.69, 9.17) is 14.1 Å². The highest BCUT2D eigenvalue weighted by Gasteiger charge is 2.27. The highest BCUT2D eigenvalue weighted by atomic mass is 16.5. The van der Waals surface area contributed by atoms with Crippen LogP contribution in [0.1, 0.15) is 25.5 Å². The minimum absolute atomic E-state index is 0.00447. The Morgan fingerprint density at radius 3 is 2.61 bits per heavy atom. The summed E-state index contributed by atoms with van der Waals surface area (Å²) in [5, 5.41) is 2.96. The number of anilines is 1. The molecule has 3 aromatic rings. The minimum Gasteiger partial charge on any atom is -0.475 e. The van der Waals surface area contributed by atoms with Crippen LogP contribution in [0.3, 0.4) is 0 Å². The van der Waals surface area contributed by atoms with Gasteiger partial charge in [-0.3, -0.25) is 4.79 Å². The number of hydrogen-bond donors (Lipinski definition) is 1. The van der Waals surface area contributed by atoms with Gasteiger partial charge in [0.15, 0.2) is 5.82 Å². The molecule has 0 radical (unpaired) electrons. The maximum Gasteiger partial charge on any atom is 0.258 e. The van der Waals surface area contributed by atoms with E-state index in [1.807, 2.05) is 43.3 Å². The first-order chi connectivity index (χ1) is 13.7. The van der Waals surface area contributed by atoms with Gasteiger partial charge in [-0.15, -0.1) is 0 Å². The van der Waals surface area contributed by atoms with Crippen LogP contribution in [-0.2, 0) is 11.3 Å². The summed E-state index contributed by atoms with van der Waals surface area (Å²) in [6.45, 7) is 4.39. The van der Waals surface area contributed by atoms with Gasteiger partial charge >= 0.3 is 0 Å². The number of amides is 1. The number of nitrogens with one attached hydrogen (secondary N) is 1. The summed E-state index contributed by atoms with van der Waals surface area (Å²) >= 11 is 0. The second-order valence-electron chi connectivity index (χ2n) is 6.83. The van der Waals surface area contributed by atoms with Gasteiger partial charge in [0, 0.05) is 19.0 Å². The Hall–Kier alpha value is -3.09. The smallest absolute Gasteiger partial charge is 0.258 e. The van der Waals surface area contributed by atoms with E-state index in [2.05, 4.69) is 15.2 Å². The standard InChI is InChI=1S/C21H24N4O3/c1-2-27-21-19(23-17-7-3-4-8-18(17)24-21)25-11-9-15(10-12-25)20(26)22-14-16-6-5-13-28-16/h3-8,13,15H,2,9-12,14H2,1H3,(H,22,26). The number of carbonyl (C=O) groups is 1. The molecule has 1 saturated heterocycles. The zero-order valence-electron chi connectivity index (χ0n) is 15.9. The molecule has 1 aliphatic rings. The van der Waals surface area contributed by atoms with Gasteiger partial charge in [0.25, 0.3) is 5.88 Å². The van der Waals surface area contributed by atoms with Crippen molar-refractivity contribution in [3.8, 4) is 5.88 Å². The molecule has 2 aromatic heterocycles. The van der Waals surface area contributed by atoms with Gasteiger partial charge in [0.1, 0.15) is 5.76 Å². The SMILES string of the molecule is CCOc1nc2ccccc2nc1N1CCC(C(=O)NCc2ccco2)CC1. The van der Waals surface area contributed by atoms with Crippen molar-refractivity contribution in [1.82, 2.24) is 15.3 Å². The maximum absolute atomic E-state index is 12.5. The predicted octanol–water partition coefficient (Wildman–Crippen LogP) is 3.15. The lowest BCUT2D eigenvalue weighted by molar-refractivity contribution is -0.125. The summed E-state index contributed by atoms with van der Waals surface area (Å²) in [6.07, 6.45) is 3.15. The van der Waals surface area contributed by atoms with E-state index < -0.39 is 0 Å². The van der Waals surface area contributed by atoms with Crippen LogP contribution in [0.5, 0.6) is 5.88 Å². The molecule has 1 N–H and O–H groups in total. The van der Waals surface area contributed by atoms with E-state index in [0.717, 1.165) is 48.5 Å². The van der Waals surface area contributed by atoms with Crippen molar-refractivity contribution in [2.24, 2.45) is 5.92 Å². The fourth-order valence-corrected chi connectivity index (χ4v) is 3.50. The van der Waals surface area contributed by atoms with E-state index in [-0.39, 0.29) is 11.8 Å². The summed E-state index contributed by atoms with van der Waals surface area (Å²) < 4.78 is 11.0. The lowest BCUT2D eigenvalue weighted by Gasteiger charge is -2.32. The highest BCUT2D eigenvalue weighted by molar-refractivity contribution is 5.79. The van der Waals surface area contributed by atoms with E-state index >= 15 is 0 Å². The molecule has 1 fully saturated rings. The second-order valence-corrected chi connectivity index (χ2v) is 6.83. The van der Waals surface area contributed by atoms with Crippen molar-refractivity contribution < 1.29 is 13.9 Å². The summed E-state index contributed by atoms with van der Waals surface area (Å²) in [5.41, 5.74) is 1.67. The molecule has 1 amide bonds. The number of aromatic nitrogens is 2. The quantitative estimate of drug-likeness (QED) is 0.708. The van der Waals surface area contributed by atoms with Gasteiger partial charge < -0.3 is 19.4 Å². The zero-order valence-corrected chi connectivity index (χ0v) is 15.9. The van der Waals surface area contributed by atoms with Gasteiger partial charge in [-0.1, -0.05) is 12.1 Å². The van der Waals surface area contributed by atoms with E-state index in [9.17, 15) is 4.79 Å². The molecule has 1 aliphatic heterocycles. The number of hydrogen-bond acceptors (Lipinski definition) is 6. The van der Waals surface area contributed by atoms with Gasteiger partial charge in [0.2, 0.25) is 5.91 Å². The number of furan rings is 1. The predicted molar refractivity (Wildman–Crippen MR) is 106 cm³/mol. The number of rotatable bonds is 6. The molecule has 7 nitrogen and oxygen atoms in total. The van der Waals surface area contributed by atoms with E-state index in [1.54, 1.807) is 6.26 Å². The largest absolute Gasteiger partial charge is 0.475 e. The van der Waals surface area contributed by atoms with Crippen LogP contribution < -0.4 is 15.0 Å². The fraction of sp³-hybridized carbons (Fsp3) is 0.381. The van der Waals surface area contributed by atoms with Crippen molar-refractivity contribution in [2.75, 3.05) is 24.6 Å². The Morgan fingerprint density at radius 1 is 1.18 bits per heavy atom. The van der Waals surface area contributed by atoms with Crippen LogP contribution in [0.25, 0.3) is 11.0 Å². The molecule has 0 saturated carbocycles. The Labute approximate surface area is 163 Å². The highest BCUT2D eigenvalue weighted by Crippen LogP contribution is 2.30. The lowest BCUT2D eigenvalue weighted by Crippen LogP contribution is -2.40. The van der Waals surface area contributed by atoms with Crippen molar-refractivity contribution in [3.63, 3.8) is 0 Å². The third-order valence-corrected chi connectivity index (χ3v) is 4.98. The average Bonchev–Trinajstić information content (AvgIpc) is 3.25. The molecule has 0 atom stereocenters. The van der Waals surface area contributed by atoms with Crippen molar-refractivity contribution in [3.05, 3.63) is 48.4 Å². The topological polar surface area (TPSA) is 80.5 Å². The van der Waals surface area contributed by atoms with Crippen molar-refractivity contribution in [2.45, 2.75) is 26.3 Å². The summed E-state index contributed by atoms with van der Waals surface area (Å²) in [5.74, 6) is 2.15. The summed E-state index contributed by atoms with van der Waals surface area (Å²) in [4.78, 5) is 24.0. The fourth-order valence-electron chi connectivity index (χ4n) is 3.50. The number of piperidine rings is 1. The number of para-hydroxylation sites is 2. The first kappa shape index (κ1) is 18.3. The average molecular weight is 380 g/mol. The molecule has 1 aromatic carbocycles. The van der Waals surface area contributed by atoms with Crippen LogP contribution in [0.2, 0.25) is 0 Å². The molecule has 3 heterocycles. The van der Waals surface area contributed by atoms with Gasteiger partial charge in [-0.2, -0.15) is 0 Å². The Morgan fingerprint density at radius 2 is 1.93 bits per heavy atom. The number of benzene rings is 1. The zero-order chi connectivity index (χ0) is 19.3. The summed E-state index contributed by atoms with van der Waals surface area (Å²) in [7, 11) is 0. The van der Waals surface area contributed by atoms with E-state index in [0.29, 0.717) is 19.0 Å². The van der Waals surface area contributed by atoms with Crippen molar-refractivity contribution in [1.29, 1.82) is 0 Å². The monoisotopic (exact) mass is 380 g/mol. The van der Waals surface area contributed by atoms with Gasteiger partial charge in [-0.25, -0.2) is 9.97 Å². The van der Waals surface area contributed by atoms with Crippen LogP contribution >= 0.6 is 0 Å². The normalized spacial score (nSPS) is 15.0. The maximum atomic E-state index is 12.5. The third kappa shape index (κ3) is 3.93. The molecular weight excluding hydrogens is 356 g/mol. The molecule has 0 spiro atoms. The van der Waals surface area contributed by atoms with E-state index in [1.165, 1.54) is 0 Å². The van der Waals surface area contributed by atoms with Crippen LogP contribution in [0.4, 0.5) is 5.82 Å². The van der Waals surface area contributed by atoms with Gasteiger partial charge in [-0.05, 0) is 44.0 Å². The molecule has 0 bridgehead atoms. The van der Waals surface area contributed by atoms with Crippen LogP contribution in [0, 0.1) is 5.92 Å². The molecular formula is C21H24N4O3. The molecule has 146 valence electrons. The van der Waals surface area contributed by atoms with Crippen LogP contribution in [-0.4, -0.2) is 35.6 Å². The molecule has 28 heavy (non-hydrogen) atoms. The first-order valence-electron chi connectivity index (χ1n) is 9.69. The number of nitrogens with zero attached hydrogens (tertiary/aromatic N) is 3. The summed E-state index contributed by atoms with van der Waals surface area (Å²) in [6, 6.07) is 11.5.